The standard InChI is InChI=1S/C24H28N2O6S/c1-17(27)19-10-12-21(13-11-19)33(30,31)25-16-18-6-8-20(9-7-18)22(28)26-24(23(29)32-2)14-4-3-5-15-24/h6-13,25H,3-5,14-16H2,1-2H3,(H,26,28). The molecule has 1 fully saturated rings. The summed E-state index contributed by atoms with van der Waals surface area (Å²) in [5.41, 5.74) is 0.465. The molecule has 0 bridgehead atoms. The van der Waals surface area contributed by atoms with Crippen molar-refractivity contribution in [2.45, 2.75) is 56.0 Å². The number of hydrogen-bond acceptors (Lipinski definition) is 6. The van der Waals surface area contributed by atoms with Crippen molar-refractivity contribution in [2.75, 3.05) is 7.11 Å². The Hall–Kier alpha value is -3.04. The molecule has 0 spiro atoms. The average Bonchev–Trinajstić information content (AvgIpc) is 2.83. The largest absolute Gasteiger partial charge is 0.467 e. The minimum atomic E-state index is -3.76. The highest BCUT2D eigenvalue weighted by atomic mass is 32.2. The van der Waals surface area contributed by atoms with Crippen molar-refractivity contribution < 1.29 is 27.5 Å². The van der Waals surface area contributed by atoms with Gasteiger partial charge in [-0.15, -0.1) is 0 Å². The summed E-state index contributed by atoms with van der Waals surface area (Å²) in [4.78, 5) is 36.5. The van der Waals surface area contributed by atoms with Gasteiger partial charge in [0, 0.05) is 17.7 Å². The molecule has 0 heterocycles. The number of amides is 1. The highest BCUT2D eigenvalue weighted by Gasteiger charge is 2.42. The Balaban J connectivity index is 1.64. The van der Waals surface area contributed by atoms with E-state index in [1.807, 2.05) is 0 Å². The van der Waals surface area contributed by atoms with Gasteiger partial charge in [-0.2, -0.15) is 0 Å². The Morgan fingerprint density at radius 1 is 0.909 bits per heavy atom. The van der Waals surface area contributed by atoms with Crippen LogP contribution in [-0.2, 0) is 26.1 Å². The Morgan fingerprint density at radius 3 is 2.03 bits per heavy atom. The second-order valence-corrected chi connectivity index (χ2v) is 9.96. The van der Waals surface area contributed by atoms with Gasteiger partial charge < -0.3 is 10.1 Å². The van der Waals surface area contributed by atoms with E-state index in [1.54, 1.807) is 24.3 Å². The summed E-state index contributed by atoms with van der Waals surface area (Å²) in [6, 6.07) is 12.2. The molecule has 0 aromatic heterocycles. The number of rotatable bonds is 8. The van der Waals surface area contributed by atoms with E-state index < -0.39 is 21.5 Å². The lowest BCUT2D eigenvalue weighted by atomic mass is 9.81. The predicted molar refractivity (Wildman–Crippen MR) is 122 cm³/mol. The first-order valence-corrected chi connectivity index (χ1v) is 12.3. The van der Waals surface area contributed by atoms with Crippen molar-refractivity contribution in [3.05, 3.63) is 65.2 Å². The monoisotopic (exact) mass is 472 g/mol. The Morgan fingerprint density at radius 2 is 1.48 bits per heavy atom. The fourth-order valence-corrected chi connectivity index (χ4v) is 4.94. The second-order valence-electron chi connectivity index (χ2n) is 8.19. The first kappa shape index (κ1) is 24.6. The van der Waals surface area contributed by atoms with Gasteiger partial charge in [-0.1, -0.05) is 43.5 Å². The number of methoxy groups -OCH3 is 1. The number of esters is 1. The molecule has 0 radical (unpaired) electrons. The lowest BCUT2D eigenvalue weighted by molar-refractivity contribution is -0.149. The second kappa shape index (κ2) is 10.3. The van der Waals surface area contributed by atoms with E-state index in [9.17, 15) is 22.8 Å². The number of sulfonamides is 1. The summed E-state index contributed by atoms with van der Waals surface area (Å²) in [7, 11) is -2.44. The molecule has 2 aromatic rings. The van der Waals surface area contributed by atoms with Crippen LogP contribution in [0.5, 0.6) is 0 Å². The third-order valence-electron chi connectivity index (χ3n) is 5.89. The van der Waals surface area contributed by atoms with Gasteiger partial charge in [-0.3, -0.25) is 9.59 Å². The molecule has 8 nitrogen and oxygen atoms in total. The molecule has 0 aliphatic heterocycles. The molecule has 176 valence electrons. The van der Waals surface area contributed by atoms with E-state index in [0.29, 0.717) is 29.5 Å². The van der Waals surface area contributed by atoms with Crippen LogP contribution in [-0.4, -0.2) is 38.7 Å². The van der Waals surface area contributed by atoms with Crippen LogP contribution < -0.4 is 10.0 Å². The van der Waals surface area contributed by atoms with Gasteiger partial charge in [0.1, 0.15) is 5.54 Å². The maximum absolute atomic E-state index is 12.8. The molecule has 9 heteroatoms. The van der Waals surface area contributed by atoms with Crippen molar-refractivity contribution in [1.29, 1.82) is 0 Å². The molecule has 0 atom stereocenters. The Kier molecular flexibility index (Phi) is 7.65. The number of hydrogen-bond donors (Lipinski definition) is 2. The van der Waals surface area contributed by atoms with E-state index in [0.717, 1.165) is 19.3 Å². The van der Waals surface area contributed by atoms with Crippen molar-refractivity contribution in [1.82, 2.24) is 10.0 Å². The number of ketones is 1. The highest BCUT2D eigenvalue weighted by Crippen LogP contribution is 2.29. The van der Waals surface area contributed by atoms with Gasteiger partial charge >= 0.3 is 5.97 Å². The van der Waals surface area contributed by atoms with Crippen LogP contribution in [0.1, 0.15) is 65.3 Å². The van der Waals surface area contributed by atoms with Crippen molar-refractivity contribution in [3.8, 4) is 0 Å². The highest BCUT2D eigenvalue weighted by molar-refractivity contribution is 7.89. The number of carbonyl (C=O) groups is 3. The number of ether oxygens (including phenoxy) is 1. The molecule has 1 saturated carbocycles. The summed E-state index contributed by atoms with van der Waals surface area (Å²) in [5, 5.41) is 2.86. The molecule has 1 aliphatic rings. The van der Waals surface area contributed by atoms with Crippen molar-refractivity contribution >= 4 is 27.7 Å². The minimum Gasteiger partial charge on any atom is -0.467 e. The molecular formula is C24H28N2O6S. The molecule has 2 aromatic carbocycles. The van der Waals surface area contributed by atoms with Crippen LogP contribution in [0, 0.1) is 0 Å². The first-order valence-electron chi connectivity index (χ1n) is 10.8. The fraction of sp³-hybridized carbons (Fsp3) is 0.375. The van der Waals surface area contributed by atoms with E-state index in [4.69, 9.17) is 4.74 Å². The van der Waals surface area contributed by atoms with Crippen LogP contribution in [0.2, 0.25) is 0 Å². The zero-order valence-electron chi connectivity index (χ0n) is 18.7. The molecule has 0 saturated heterocycles. The van der Waals surface area contributed by atoms with Gasteiger partial charge in [0.25, 0.3) is 5.91 Å². The third-order valence-corrected chi connectivity index (χ3v) is 7.31. The van der Waals surface area contributed by atoms with Gasteiger partial charge in [0.05, 0.1) is 12.0 Å². The van der Waals surface area contributed by atoms with E-state index in [-0.39, 0.29) is 23.1 Å². The number of Topliss-reactive ketones (excluding diaryl/α,β-unsaturated/α-hetero) is 1. The summed E-state index contributed by atoms with van der Waals surface area (Å²) in [5.74, 6) is -0.949. The van der Waals surface area contributed by atoms with Gasteiger partial charge in [-0.05, 0) is 49.6 Å². The van der Waals surface area contributed by atoms with E-state index in [2.05, 4.69) is 10.0 Å². The topological polar surface area (TPSA) is 119 Å². The SMILES string of the molecule is COC(=O)C1(NC(=O)c2ccc(CNS(=O)(=O)c3ccc(C(C)=O)cc3)cc2)CCCCC1. The van der Waals surface area contributed by atoms with Crippen LogP contribution in [0.4, 0.5) is 0 Å². The fourth-order valence-electron chi connectivity index (χ4n) is 3.92. The first-order chi connectivity index (χ1) is 15.7. The minimum absolute atomic E-state index is 0.0325. The summed E-state index contributed by atoms with van der Waals surface area (Å²) in [6.45, 7) is 1.45. The maximum atomic E-state index is 12.8. The van der Waals surface area contributed by atoms with Crippen molar-refractivity contribution in [3.63, 3.8) is 0 Å². The zero-order chi connectivity index (χ0) is 24.1. The molecular weight excluding hydrogens is 444 g/mol. The van der Waals surface area contributed by atoms with Crippen LogP contribution >= 0.6 is 0 Å². The Bertz CT molecular complexity index is 1120. The Labute approximate surface area is 193 Å². The molecule has 1 amide bonds. The van der Waals surface area contributed by atoms with Crippen LogP contribution in [0.3, 0.4) is 0 Å². The normalized spacial score (nSPS) is 15.5. The zero-order valence-corrected chi connectivity index (χ0v) is 19.5. The van der Waals surface area contributed by atoms with E-state index >= 15 is 0 Å². The lowest BCUT2D eigenvalue weighted by Gasteiger charge is -2.35. The van der Waals surface area contributed by atoms with Gasteiger partial charge in [0.15, 0.2) is 5.78 Å². The third kappa shape index (κ3) is 5.85. The molecule has 3 rings (SSSR count). The smallest absolute Gasteiger partial charge is 0.331 e. The summed E-state index contributed by atoms with van der Waals surface area (Å²) in [6.07, 6.45) is 3.77. The van der Waals surface area contributed by atoms with Crippen LogP contribution in [0.15, 0.2) is 53.4 Å². The van der Waals surface area contributed by atoms with E-state index in [1.165, 1.54) is 38.3 Å². The number of nitrogens with one attached hydrogen (secondary N) is 2. The van der Waals surface area contributed by atoms with Gasteiger partial charge in [0.2, 0.25) is 10.0 Å². The predicted octanol–water partition coefficient (Wildman–Crippen LogP) is 2.97. The quantitative estimate of drug-likeness (QED) is 0.450. The summed E-state index contributed by atoms with van der Waals surface area (Å²) >= 11 is 0. The summed E-state index contributed by atoms with van der Waals surface area (Å²) < 4.78 is 32.5. The number of benzene rings is 2. The molecule has 0 unspecified atom stereocenters. The van der Waals surface area contributed by atoms with Gasteiger partial charge in [-0.25, -0.2) is 17.9 Å². The van der Waals surface area contributed by atoms with Crippen molar-refractivity contribution in [2.24, 2.45) is 0 Å². The average molecular weight is 473 g/mol. The number of carbonyl (C=O) groups excluding carboxylic acids is 3. The van der Waals surface area contributed by atoms with Crippen LogP contribution in [0.25, 0.3) is 0 Å². The molecule has 2 N–H and O–H groups in total. The maximum Gasteiger partial charge on any atom is 0.331 e. The lowest BCUT2D eigenvalue weighted by Crippen LogP contribution is -2.56. The molecule has 1 aliphatic carbocycles. The molecule has 33 heavy (non-hydrogen) atoms.